The lowest BCUT2D eigenvalue weighted by Gasteiger charge is -2.09. The number of aromatic nitrogens is 1. The lowest BCUT2D eigenvalue weighted by molar-refractivity contribution is 0.101. The molecule has 2 aromatic rings. The van der Waals surface area contributed by atoms with Crippen LogP contribution in [-0.4, -0.2) is 17.9 Å². The van der Waals surface area contributed by atoms with Crippen LogP contribution in [0, 0.1) is 6.92 Å². The highest BCUT2D eigenvalue weighted by Crippen LogP contribution is 2.17. The molecule has 0 atom stereocenters. The molecular weight excluding hydrogens is 254 g/mol. The second kappa shape index (κ2) is 6.19. The van der Waals surface area contributed by atoms with Gasteiger partial charge in [0.2, 0.25) is 0 Å². The lowest BCUT2D eigenvalue weighted by Crippen LogP contribution is -2.01. The van der Waals surface area contributed by atoms with E-state index in [0.29, 0.717) is 17.9 Å². The third kappa shape index (κ3) is 3.57. The monoisotopic (exact) mass is 271 g/mol. The molecule has 0 bridgehead atoms. The molecule has 0 unspecified atom stereocenters. The molecule has 0 aliphatic carbocycles. The largest absolute Gasteiger partial charge is 0.497 e. The summed E-state index contributed by atoms with van der Waals surface area (Å²) in [6.07, 6.45) is 0. The van der Waals surface area contributed by atoms with E-state index in [-0.39, 0.29) is 5.78 Å². The molecule has 20 heavy (non-hydrogen) atoms. The number of carbonyl (C=O) groups is 1. The van der Waals surface area contributed by atoms with E-state index in [4.69, 9.17) is 9.47 Å². The van der Waals surface area contributed by atoms with Crippen LogP contribution in [0.3, 0.4) is 0 Å². The number of rotatable bonds is 5. The van der Waals surface area contributed by atoms with Crippen molar-refractivity contribution in [3.05, 3.63) is 53.3 Å². The molecule has 2 rings (SSSR count). The molecule has 0 fully saturated rings. The van der Waals surface area contributed by atoms with Crippen LogP contribution in [-0.2, 0) is 6.61 Å². The van der Waals surface area contributed by atoms with Gasteiger partial charge in [-0.25, -0.2) is 0 Å². The van der Waals surface area contributed by atoms with Gasteiger partial charge in [0.15, 0.2) is 5.78 Å². The average molecular weight is 271 g/mol. The summed E-state index contributed by atoms with van der Waals surface area (Å²) in [5, 5.41) is 0. The van der Waals surface area contributed by atoms with Crippen molar-refractivity contribution in [3.8, 4) is 11.5 Å². The Morgan fingerprint density at radius 2 is 2.00 bits per heavy atom. The fourth-order valence-corrected chi connectivity index (χ4v) is 1.86. The molecule has 4 nitrogen and oxygen atoms in total. The van der Waals surface area contributed by atoms with E-state index in [1.165, 1.54) is 6.92 Å². The molecule has 0 saturated carbocycles. The number of ether oxygens (including phenoxy) is 2. The predicted molar refractivity (Wildman–Crippen MR) is 76.3 cm³/mol. The van der Waals surface area contributed by atoms with Crippen molar-refractivity contribution in [1.82, 2.24) is 4.98 Å². The molecule has 0 aliphatic heterocycles. The van der Waals surface area contributed by atoms with Crippen LogP contribution in [0.4, 0.5) is 0 Å². The van der Waals surface area contributed by atoms with Gasteiger partial charge in [-0.1, -0.05) is 12.1 Å². The fourth-order valence-electron chi connectivity index (χ4n) is 1.86. The van der Waals surface area contributed by atoms with Gasteiger partial charge >= 0.3 is 0 Å². The van der Waals surface area contributed by atoms with Gasteiger partial charge in [-0.15, -0.1) is 0 Å². The normalized spacial score (nSPS) is 10.2. The molecule has 4 heteroatoms. The van der Waals surface area contributed by atoms with Crippen LogP contribution < -0.4 is 9.47 Å². The second-order valence-electron chi connectivity index (χ2n) is 4.51. The van der Waals surface area contributed by atoms with Crippen LogP contribution in [0.5, 0.6) is 11.5 Å². The van der Waals surface area contributed by atoms with E-state index in [2.05, 4.69) is 4.98 Å². The first-order valence-corrected chi connectivity index (χ1v) is 6.34. The molecule has 0 aliphatic rings. The molecule has 1 heterocycles. The minimum atomic E-state index is 0.0193. The zero-order valence-corrected chi connectivity index (χ0v) is 11.8. The summed E-state index contributed by atoms with van der Waals surface area (Å²) in [7, 11) is 1.62. The van der Waals surface area contributed by atoms with Gasteiger partial charge in [0, 0.05) is 23.4 Å². The maximum atomic E-state index is 11.3. The van der Waals surface area contributed by atoms with Gasteiger partial charge in [-0.2, -0.15) is 0 Å². The quantitative estimate of drug-likeness (QED) is 0.784. The number of benzene rings is 1. The minimum absolute atomic E-state index is 0.0193. The summed E-state index contributed by atoms with van der Waals surface area (Å²) in [5.41, 5.74) is 2.30. The van der Waals surface area contributed by atoms with Crippen molar-refractivity contribution in [2.24, 2.45) is 0 Å². The number of carbonyl (C=O) groups excluding carboxylic acids is 1. The van der Waals surface area contributed by atoms with Gasteiger partial charge in [0.1, 0.15) is 18.1 Å². The third-order valence-electron chi connectivity index (χ3n) is 2.84. The Morgan fingerprint density at radius 3 is 2.70 bits per heavy atom. The summed E-state index contributed by atoms with van der Waals surface area (Å²) < 4.78 is 10.9. The van der Waals surface area contributed by atoms with E-state index in [9.17, 15) is 4.79 Å². The highest BCUT2D eigenvalue weighted by Gasteiger charge is 2.04. The van der Waals surface area contributed by atoms with Gasteiger partial charge in [-0.3, -0.25) is 9.78 Å². The Morgan fingerprint density at radius 1 is 1.20 bits per heavy atom. The molecule has 104 valence electrons. The first-order valence-electron chi connectivity index (χ1n) is 6.34. The van der Waals surface area contributed by atoms with Crippen molar-refractivity contribution >= 4 is 5.78 Å². The molecule has 0 N–H and O–H groups in total. The second-order valence-corrected chi connectivity index (χ2v) is 4.51. The van der Waals surface area contributed by atoms with Crippen LogP contribution in [0.15, 0.2) is 36.4 Å². The molecule has 0 amide bonds. The SMILES string of the molecule is COc1cc(C)nc(COc2cccc(C(C)=O)c2)c1. The first kappa shape index (κ1) is 14.1. The predicted octanol–water partition coefficient (Wildman–Crippen LogP) is 3.18. The molecule has 0 radical (unpaired) electrons. The van der Waals surface area contributed by atoms with Crippen molar-refractivity contribution < 1.29 is 14.3 Å². The van der Waals surface area contributed by atoms with Gasteiger partial charge in [0.05, 0.1) is 12.8 Å². The number of hydrogen-bond donors (Lipinski definition) is 0. The van der Waals surface area contributed by atoms with Crippen LogP contribution in [0.2, 0.25) is 0 Å². The fraction of sp³-hybridized carbons (Fsp3) is 0.250. The third-order valence-corrected chi connectivity index (χ3v) is 2.84. The van der Waals surface area contributed by atoms with E-state index < -0.39 is 0 Å². The first-order chi connectivity index (χ1) is 9.58. The van der Waals surface area contributed by atoms with Gasteiger partial charge in [0.25, 0.3) is 0 Å². The molecular formula is C16H17NO3. The van der Waals surface area contributed by atoms with Crippen molar-refractivity contribution in [3.63, 3.8) is 0 Å². The standard InChI is InChI=1S/C16H17NO3/c1-11-7-16(19-3)9-14(17-11)10-20-15-6-4-5-13(8-15)12(2)18/h4-9H,10H2,1-3H3. The minimum Gasteiger partial charge on any atom is -0.497 e. The Labute approximate surface area is 118 Å². The number of ketones is 1. The Balaban J connectivity index is 2.10. The number of methoxy groups -OCH3 is 1. The number of pyridine rings is 1. The Bertz CT molecular complexity index is 623. The molecule has 1 aromatic carbocycles. The van der Waals surface area contributed by atoms with E-state index >= 15 is 0 Å². The molecule has 1 aromatic heterocycles. The van der Waals surface area contributed by atoms with E-state index in [1.54, 1.807) is 25.3 Å². The van der Waals surface area contributed by atoms with E-state index in [1.807, 2.05) is 25.1 Å². The topological polar surface area (TPSA) is 48.4 Å². The summed E-state index contributed by atoms with van der Waals surface area (Å²) >= 11 is 0. The van der Waals surface area contributed by atoms with Crippen molar-refractivity contribution in [1.29, 1.82) is 0 Å². The lowest BCUT2D eigenvalue weighted by atomic mass is 10.1. The Kier molecular flexibility index (Phi) is 4.35. The van der Waals surface area contributed by atoms with Crippen molar-refractivity contribution in [2.75, 3.05) is 7.11 Å². The zero-order chi connectivity index (χ0) is 14.5. The maximum Gasteiger partial charge on any atom is 0.159 e. The van der Waals surface area contributed by atoms with Crippen molar-refractivity contribution in [2.45, 2.75) is 20.5 Å². The summed E-state index contributed by atoms with van der Waals surface area (Å²) in [4.78, 5) is 15.7. The number of Topliss-reactive ketones (excluding diaryl/α,β-unsaturated/α-hetero) is 1. The van der Waals surface area contributed by atoms with Gasteiger partial charge in [-0.05, 0) is 26.0 Å². The number of hydrogen-bond acceptors (Lipinski definition) is 4. The van der Waals surface area contributed by atoms with Crippen LogP contribution in [0.1, 0.15) is 28.7 Å². The smallest absolute Gasteiger partial charge is 0.159 e. The number of aryl methyl sites for hydroxylation is 1. The zero-order valence-electron chi connectivity index (χ0n) is 11.8. The summed E-state index contributed by atoms with van der Waals surface area (Å²) in [6, 6.07) is 10.8. The van der Waals surface area contributed by atoms with Gasteiger partial charge < -0.3 is 9.47 Å². The molecule has 0 saturated heterocycles. The number of nitrogens with zero attached hydrogens (tertiary/aromatic N) is 1. The van der Waals surface area contributed by atoms with Crippen LogP contribution >= 0.6 is 0 Å². The van der Waals surface area contributed by atoms with E-state index in [0.717, 1.165) is 17.1 Å². The average Bonchev–Trinajstić information content (AvgIpc) is 2.44. The summed E-state index contributed by atoms with van der Waals surface area (Å²) in [6.45, 7) is 3.77. The highest BCUT2D eigenvalue weighted by molar-refractivity contribution is 5.94. The van der Waals surface area contributed by atoms with Crippen LogP contribution in [0.25, 0.3) is 0 Å². The summed E-state index contributed by atoms with van der Waals surface area (Å²) in [5.74, 6) is 1.43. The molecule has 0 spiro atoms. The Hall–Kier alpha value is -2.36. The highest BCUT2D eigenvalue weighted by atomic mass is 16.5. The maximum absolute atomic E-state index is 11.3.